The number of benzene rings is 1. The summed E-state index contributed by atoms with van der Waals surface area (Å²) in [6, 6.07) is 6.79. The molecule has 2 nitrogen and oxygen atoms in total. The van der Waals surface area contributed by atoms with Crippen LogP contribution in [0.4, 0.5) is 0 Å². The van der Waals surface area contributed by atoms with Crippen molar-refractivity contribution in [1.29, 1.82) is 0 Å². The lowest BCUT2D eigenvalue weighted by Gasteiger charge is -1.99. The van der Waals surface area contributed by atoms with Gasteiger partial charge in [0.2, 0.25) is 0 Å². The van der Waals surface area contributed by atoms with E-state index in [4.69, 9.17) is 5.11 Å². The molecule has 0 spiro atoms. The molecule has 0 aliphatic rings. The van der Waals surface area contributed by atoms with Crippen LogP contribution in [0.1, 0.15) is 10.4 Å². The number of carboxylic acid groups (broad SMARTS) is 1. The van der Waals surface area contributed by atoms with Gasteiger partial charge in [0, 0.05) is 11.2 Å². The summed E-state index contributed by atoms with van der Waals surface area (Å²) in [5, 5.41) is 8.66. The molecule has 1 N–H and O–H groups in total. The Labute approximate surface area is 69.2 Å². The van der Waals surface area contributed by atoms with Crippen LogP contribution in [0.15, 0.2) is 29.2 Å². The van der Waals surface area contributed by atoms with Crippen LogP contribution in [-0.4, -0.2) is 11.1 Å². The highest BCUT2D eigenvalue weighted by molar-refractivity contribution is 8.00. The zero-order valence-electron chi connectivity index (χ0n) is 5.78. The maximum atomic E-state index is 10.5. The largest absolute Gasteiger partial charge is 0.478 e. The van der Waals surface area contributed by atoms with Crippen molar-refractivity contribution in [2.75, 3.05) is 0 Å². The van der Waals surface area contributed by atoms with Crippen LogP contribution in [0.25, 0.3) is 0 Å². The van der Waals surface area contributed by atoms with Crippen molar-refractivity contribution in [2.45, 2.75) is 4.90 Å². The van der Waals surface area contributed by atoms with E-state index < -0.39 is 5.97 Å². The molecule has 0 aliphatic heterocycles. The Morgan fingerprint density at radius 2 is 2.09 bits per heavy atom. The van der Waals surface area contributed by atoms with Crippen molar-refractivity contribution in [2.24, 2.45) is 0 Å². The van der Waals surface area contributed by atoms with Crippen LogP contribution in [-0.2, 0) is 0 Å². The third-order valence-electron chi connectivity index (χ3n) is 1.27. The fourth-order valence-corrected chi connectivity index (χ4v) is 1.25. The fraction of sp³-hybridized carbons (Fsp3) is 0. The number of hydrogen-bond acceptors (Lipinski definition) is 2. The fourth-order valence-electron chi connectivity index (χ4n) is 0.769. The van der Waals surface area contributed by atoms with Crippen LogP contribution in [0.2, 0.25) is 0 Å². The summed E-state index contributed by atoms with van der Waals surface area (Å²) in [6.07, 6.45) is 3.55. The average Bonchev–Trinajstić information content (AvgIpc) is 2.04. The van der Waals surface area contributed by atoms with E-state index in [0.29, 0.717) is 10.5 Å². The quantitative estimate of drug-likeness (QED) is 0.686. The summed E-state index contributed by atoms with van der Waals surface area (Å²) >= 11 is 1.19. The molecule has 1 rings (SSSR count). The third kappa shape index (κ3) is 1.74. The molecule has 57 valence electrons. The minimum absolute atomic E-state index is 0.313. The molecule has 3 heteroatoms. The van der Waals surface area contributed by atoms with E-state index in [-0.39, 0.29) is 0 Å². The topological polar surface area (TPSA) is 37.3 Å². The van der Waals surface area contributed by atoms with Gasteiger partial charge in [0.05, 0.1) is 5.56 Å². The first-order valence-corrected chi connectivity index (χ1v) is 3.98. The van der Waals surface area contributed by atoms with Gasteiger partial charge in [-0.05, 0) is 12.1 Å². The van der Waals surface area contributed by atoms with Crippen molar-refractivity contribution in [3.05, 3.63) is 36.1 Å². The summed E-state index contributed by atoms with van der Waals surface area (Å²) in [4.78, 5) is 11.2. The number of thioether (sulfide) groups is 1. The van der Waals surface area contributed by atoms with E-state index >= 15 is 0 Å². The van der Waals surface area contributed by atoms with Crippen LogP contribution in [0.3, 0.4) is 0 Å². The molecular weight excluding hydrogens is 160 g/mol. The van der Waals surface area contributed by atoms with Gasteiger partial charge in [-0.1, -0.05) is 12.1 Å². The second kappa shape index (κ2) is 3.44. The first-order valence-electron chi connectivity index (χ1n) is 3.00. The van der Waals surface area contributed by atoms with Gasteiger partial charge in [-0.2, -0.15) is 0 Å². The molecule has 1 radical (unpaired) electrons. The van der Waals surface area contributed by atoms with E-state index in [2.05, 4.69) is 6.26 Å². The predicted molar refractivity (Wildman–Crippen MR) is 44.6 cm³/mol. The standard InChI is InChI=1S/C8H7O2S/c1-11-7-5-3-2-4-6(7)8(9)10/h2-5H,1H2,(H,9,10). The highest BCUT2D eigenvalue weighted by atomic mass is 32.2. The Morgan fingerprint density at radius 3 is 2.55 bits per heavy atom. The van der Waals surface area contributed by atoms with Crippen LogP contribution >= 0.6 is 11.8 Å². The molecular formula is C8H7O2S. The van der Waals surface area contributed by atoms with Gasteiger partial charge in [0.15, 0.2) is 0 Å². The maximum absolute atomic E-state index is 10.5. The molecule has 0 bridgehead atoms. The van der Waals surface area contributed by atoms with Crippen molar-refractivity contribution in [1.82, 2.24) is 0 Å². The van der Waals surface area contributed by atoms with Gasteiger partial charge in [-0.3, -0.25) is 0 Å². The lowest BCUT2D eigenvalue weighted by Crippen LogP contribution is -1.97. The maximum Gasteiger partial charge on any atom is 0.336 e. The molecule has 11 heavy (non-hydrogen) atoms. The average molecular weight is 167 g/mol. The van der Waals surface area contributed by atoms with Crippen molar-refractivity contribution in [3.8, 4) is 0 Å². The first-order chi connectivity index (χ1) is 5.25. The zero-order valence-corrected chi connectivity index (χ0v) is 6.60. The third-order valence-corrected chi connectivity index (χ3v) is 1.94. The molecule has 1 aromatic rings. The summed E-state index contributed by atoms with van der Waals surface area (Å²) < 4.78 is 0. The predicted octanol–water partition coefficient (Wildman–Crippen LogP) is 2.27. The van der Waals surface area contributed by atoms with Gasteiger partial charge in [-0.25, -0.2) is 4.79 Å². The second-order valence-electron chi connectivity index (χ2n) is 1.95. The highest BCUT2D eigenvalue weighted by Gasteiger charge is 2.06. The summed E-state index contributed by atoms with van der Waals surface area (Å²) in [7, 11) is 0. The molecule has 0 saturated carbocycles. The second-order valence-corrected chi connectivity index (χ2v) is 2.67. The minimum Gasteiger partial charge on any atom is -0.478 e. The lowest BCUT2D eigenvalue weighted by molar-refractivity contribution is 0.0693. The Hall–Kier alpha value is -0.960. The molecule has 0 saturated heterocycles. The first kappa shape index (κ1) is 8.14. The molecule has 0 aromatic heterocycles. The number of hydrogen-bond donors (Lipinski definition) is 1. The van der Waals surface area contributed by atoms with E-state index in [1.807, 2.05) is 0 Å². The Morgan fingerprint density at radius 1 is 1.45 bits per heavy atom. The summed E-state index contributed by atoms with van der Waals surface area (Å²) in [6.45, 7) is 0. The van der Waals surface area contributed by atoms with Crippen LogP contribution in [0.5, 0.6) is 0 Å². The van der Waals surface area contributed by atoms with Crippen molar-refractivity contribution < 1.29 is 9.90 Å². The van der Waals surface area contributed by atoms with E-state index in [0.717, 1.165) is 0 Å². The van der Waals surface area contributed by atoms with Gasteiger partial charge < -0.3 is 5.11 Å². The molecule has 0 unspecified atom stereocenters. The molecule has 1 aromatic carbocycles. The molecule has 0 heterocycles. The molecule has 0 amide bonds. The highest BCUT2D eigenvalue weighted by Crippen LogP contribution is 2.20. The van der Waals surface area contributed by atoms with Crippen LogP contribution < -0.4 is 0 Å². The number of aromatic carboxylic acids is 1. The minimum atomic E-state index is -0.906. The van der Waals surface area contributed by atoms with E-state index in [9.17, 15) is 4.79 Å². The van der Waals surface area contributed by atoms with Crippen LogP contribution in [0, 0.1) is 6.26 Å². The zero-order chi connectivity index (χ0) is 8.27. The SMILES string of the molecule is [CH2]Sc1ccccc1C(=O)O. The molecule has 0 aliphatic carbocycles. The van der Waals surface area contributed by atoms with Gasteiger partial charge in [0.1, 0.15) is 0 Å². The Bertz CT molecular complexity index is 271. The summed E-state index contributed by atoms with van der Waals surface area (Å²) in [5.41, 5.74) is 0.313. The Kier molecular flexibility index (Phi) is 2.54. The van der Waals surface area contributed by atoms with E-state index in [1.165, 1.54) is 11.8 Å². The summed E-state index contributed by atoms with van der Waals surface area (Å²) in [5.74, 6) is -0.906. The molecule has 0 atom stereocenters. The number of rotatable bonds is 2. The van der Waals surface area contributed by atoms with Crippen molar-refractivity contribution >= 4 is 17.7 Å². The van der Waals surface area contributed by atoms with Gasteiger partial charge >= 0.3 is 5.97 Å². The smallest absolute Gasteiger partial charge is 0.336 e. The normalized spacial score (nSPS) is 9.55. The van der Waals surface area contributed by atoms with E-state index in [1.54, 1.807) is 24.3 Å². The molecule has 0 fully saturated rings. The van der Waals surface area contributed by atoms with Crippen molar-refractivity contribution in [3.63, 3.8) is 0 Å². The number of carbonyl (C=O) groups is 1. The Balaban J connectivity index is 3.12. The lowest BCUT2D eigenvalue weighted by atomic mass is 10.2. The van der Waals surface area contributed by atoms with Gasteiger partial charge in [-0.15, -0.1) is 11.8 Å². The number of carboxylic acids is 1. The monoisotopic (exact) mass is 167 g/mol. The van der Waals surface area contributed by atoms with Gasteiger partial charge in [0.25, 0.3) is 0 Å².